The highest BCUT2D eigenvalue weighted by Crippen LogP contribution is 2.27. The van der Waals surface area contributed by atoms with Crippen molar-refractivity contribution in [1.29, 1.82) is 0 Å². The topological polar surface area (TPSA) is 41.6 Å². The molecule has 0 aromatic heterocycles. The first kappa shape index (κ1) is 16.5. The summed E-state index contributed by atoms with van der Waals surface area (Å²) in [5.74, 6) is 1.19. The van der Waals surface area contributed by atoms with E-state index in [1.165, 1.54) is 0 Å². The number of hydrogen-bond acceptors (Lipinski definition) is 3. The fraction of sp³-hybridized carbons (Fsp3) is 0.562. The van der Waals surface area contributed by atoms with Crippen molar-refractivity contribution >= 4 is 5.91 Å². The lowest BCUT2D eigenvalue weighted by molar-refractivity contribution is -0.132. The van der Waals surface area contributed by atoms with Crippen LogP contribution in [0.25, 0.3) is 0 Å². The average molecular weight is 278 g/mol. The summed E-state index contributed by atoms with van der Waals surface area (Å²) in [7, 11) is 3.67. The van der Waals surface area contributed by atoms with Crippen molar-refractivity contribution in [3.63, 3.8) is 0 Å². The third-order valence-electron chi connectivity index (χ3n) is 3.27. The Morgan fingerprint density at radius 3 is 2.70 bits per heavy atom. The first-order valence-electron chi connectivity index (χ1n) is 7.07. The normalized spacial score (nSPS) is 10.7. The highest BCUT2D eigenvalue weighted by molar-refractivity contribution is 5.77. The van der Waals surface area contributed by atoms with Crippen LogP contribution in [-0.4, -0.2) is 44.6 Å². The van der Waals surface area contributed by atoms with Gasteiger partial charge in [0, 0.05) is 20.1 Å². The van der Waals surface area contributed by atoms with E-state index >= 15 is 0 Å². The van der Waals surface area contributed by atoms with Gasteiger partial charge in [-0.3, -0.25) is 4.79 Å². The number of ether oxygens (including phenoxy) is 1. The number of rotatable bonds is 7. The smallest absolute Gasteiger partial charge is 0.260 e. The Kier molecular flexibility index (Phi) is 6.52. The number of hydrogen-bond donors (Lipinski definition) is 1. The molecule has 0 heterocycles. The van der Waals surface area contributed by atoms with Gasteiger partial charge in [0.05, 0.1) is 0 Å². The van der Waals surface area contributed by atoms with Crippen LogP contribution in [-0.2, 0) is 4.79 Å². The molecule has 112 valence electrons. The van der Waals surface area contributed by atoms with Gasteiger partial charge in [-0.2, -0.15) is 0 Å². The zero-order chi connectivity index (χ0) is 15.1. The highest BCUT2D eigenvalue weighted by atomic mass is 16.5. The van der Waals surface area contributed by atoms with Gasteiger partial charge < -0.3 is 15.0 Å². The van der Waals surface area contributed by atoms with Crippen LogP contribution in [0.3, 0.4) is 0 Å². The summed E-state index contributed by atoms with van der Waals surface area (Å²) < 4.78 is 5.73. The van der Waals surface area contributed by atoms with Crippen LogP contribution in [0, 0.1) is 6.92 Å². The molecule has 1 aromatic rings. The van der Waals surface area contributed by atoms with E-state index in [0.717, 1.165) is 23.4 Å². The van der Waals surface area contributed by atoms with Gasteiger partial charge in [-0.05, 0) is 37.1 Å². The van der Waals surface area contributed by atoms with Crippen molar-refractivity contribution < 1.29 is 9.53 Å². The molecular formula is C16H26N2O2. The van der Waals surface area contributed by atoms with Crippen LogP contribution < -0.4 is 10.1 Å². The minimum absolute atomic E-state index is 0.00328. The van der Waals surface area contributed by atoms with E-state index in [2.05, 4.69) is 31.3 Å². The molecule has 1 amide bonds. The van der Waals surface area contributed by atoms with Crippen molar-refractivity contribution in [3.05, 3.63) is 29.3 Å². The van der Waals surface area contributed by atoms with E-state index in [0.29, 0.717) is 12.5 Å². The van der Waals surface area contributed by atoms with E-state index < -0.39 is 0 Å². The van der Waals surface area contributed by atoms with Gasteiger partial charge in [-0.15, -0.1) is 0 Å². The fourth-order valence-electron chi connectivity index (χ4n) is 1.90. The van der Waals surface area contributed by atoms with Crippen molar-refractivity contribution in [2.24, 2.45) is 0 Å². The van der Waals surface area contributed by atoms with Crippen molar-refractivity contribution in [3.8, 4) is 5.75 Å². The van der Waals surface area contributed by atoms with Crippen LogP contribution >= 0.6 is 0 Å². The lowest BCUT2D eigenvalue weighted by Crippen LogP contribution is -2.36. The second-order valence-electron chi connectivity index (χ2n) is 5.40. The minimum Gasteiger partial charge on any atom is -0.483 e. The highest BCUT2D eigenvalue weighted by Gasteiger charge is 2.12. The Labute approximate surface area is 122 Å². The lowest BCUT2D eigenvalue weighted by Gasteiger charge is -2.19. The molecule has 4 heteroatoms. The average Bonchev–Trinajstić information content (AvgIpc) is 2.41. The van der Waals surface area contributed by atoms with E-state index in [-0.39, 0.29) is 12.5 Å². The first-order chi connectivity index (χ1) is 9.45. The molecule has 20 heavy (non-hydrogen) atoms. The number of nitrogens with zero attached hydrogens (tertiary/aromatic N) is 1. The van der Waals surface area contributed by atoms with E-state index in [1.54, 1.807) is 11.9 Å². The maximum absolute atomic E-state index is 12.0. The Morgan fingerprint density at radius 1 is 1.40 bits per heavy atom. The predicted octanol–water partition coefficient (Wildman–Crippen LogP) is 2.18. The first-order valence-corrected chi connectivity index (χ1v) is 7.07. The number of amides is 1. The summed E-state index contributed by atoms with van der Waals surface area (Å²) in [5, 5.41) is 3.02. The summed E-state index contributed by atoms with van der Waals surface area (Å²) in [5.41, 5.74) is 2.28. The minimum atomic E-state index is -0.00328. The molecule has 0 unspecified atom stereocenters. The predicted molar refractivity (Wildman–Crippen MR) is 82.3 cm³/mol. The third-order valence-corrected chi connectivity index (χ3v) is 3.27. The second-order valence-corrected chi connectivity index (χ2v) is 5.40. The molecular weight excluding hydrogens is 252 g/mol. The van der Waals surface area contributed by atoms with Gasteiger partial charge in [0.1, 0.15) is 5.75 Å². The summed E-state index contributed by atoms with van der Waals surface area (Å²) in [6.45, 7) is 7.82. The molecule has 4 nitrogen and oxygen atoms in total. The molecule has 0 aliphatic carbocycles. The molecule has 0 saturated heterocycles. The molecule has 0 aliphatic heterocycles. The zero-order valence-corrected chi connectivity index (χ0v) is 13.2. The summed E-state index contributed by atoms with van der Waals surface area (Å²) in [6.07, 6.45) is 0. The number of nitrogens with one attached hydrogen (secondary N) is 1. The van der Waals surface area contributed by atoms with E-state index in [9.17, 15) is 4.79 Å². The number of aryl methyl sites for hydroxylation is 1. The number of carbonyl (C=O) groups is 1. The number of carbonyl (C=O) groups excluding carboxylic acids is 1. The maximum Gasteiger partial charge on any atom is 0.260 e. The Balaban J connectivity index is 2.65. The summed E-state index contributed by atoms with van der Waals surface area (Å²) in [4.78, 5) is 13.6. The van der Waals surface area contributed by atoms with Gasteiger partial charge >= 0.3 is 0 Å². The van der Waals surface area contributed by atoms with Gasteiger partial charge in [-0.1, -0.05) is 26.0 Å². The largest absolute Gasteiger partial charge is 0.483 e. The molecule has 1 rings (SSSR count). The molecule has 1 N–H and O–H groups in total. The maximum atomic E-state index is 12.0. The van der Waals surface area contributed by atoms with E-state index in [1.807, 2.05) is 20.0 Å². The molecule has 0 spiro atoms. The monoisotopic (exact) mass is 278 g/mol. The summed E-state index contributed by atoms with van der Waals surface area (Å²) >= 11 is 0. The van der Waals surface area contributed by atoms with Crippen LogP contribution in [0.4, 0.5) is 0 Å². The Hall–Kier alpha value is -1.55. The van der Waals surface area contributed by atoms with Gasteiger partial charge in [-0.25, -0.2) is 0 Å². The molecule has 0 saturated carbocycles. The Bertz CT molecular complexity index is 444. The standard InChI is InChI=1S/C16H26N2O2/c1-12(2)14-7-6-13(3)10-15(14)20-11-16(19)18(5)9-8-17-4/h6-7,10,12,17H,8-9,11H2,1-5H3. The molecule has 1 aromatic carbocycles. The zero-order valence-electron chi connectivity index (χ0n) is 13.2. The van der Waals surface area contributed by atoms with Crippen molar-refractivity contribution in [1.82, 2.24) is 10.2 Å². The van der Waals surface area contributed by atoms with Crippen LogP contribution in [0.5, 0.6) is 5.75 Å². The molecule has 0 fully saturated rings. The molecule has 0 atom stereocenters. The van der Waals surface area contributed by atoms with Gasteiger partial charge in [0.15, 0.2) is 6.61 Å². The Morgan fingerprint density at radius 2 is 2.10 bits per heavy atom. The summed E-state index contributed by atoms with van der Waals surface area (Å²) in [6, 6.07) is 6.14. The lowest BCUT2D eigenvalue weighted by atomic mass is 10.0. The van der Waals surface area contributed by atoms with E-state index in [4.69, 9.17) is 4.74 Å². The SMILES string of the molecule is CNCCN(C)C(=O)COc1cc(C)ccc1C(C)C. The van der Waals surface area contributed by atoms with Gasteiger partial charge in [0.25, 0.3) is 5.91 Å². The van der Waals surface area contributed by atoms with Gasteiger partial charge in [0.2, 0.25) is 0 Å². The van der Waals surface area contributed by atoms with Crippen LogP contribution in [0.15, 0.2) is 18.2 Å². The fourth-order valence-corrected chi connectivity index (χ4v) is 1.90. The van der Waals surface area contributed by atoms with Crippen molar-refractivity contribution in [2.75, 3.05) is 33.8 Å². The second kappa shape index (κ2) is 7.90. The molecule has 0 aliphatic rings. The molecule has 0 radical (unpaired) electrons. The van der Waals surface area contributed by atoms with Crippen LogP contribution in [0.1, 0.15) is 30.9 Å². The third kappa shape index (κ3) is 4.85. The van der Waals surface area contributed by atoms with Crippen molar-refractivity contribution in [2.45, 2.75) is 26.7 Å². The number of benzene rings is 1. The quantitative estimate of drug-likeness (QED) is 0.831. The number of likely N-dealkylation sites (N-methyl/N-ethyl adjacent to an activating group) is 2. The molecule has 0 bridgehead atoms. The van der Waals surface area contributed by atoms with Crippen LogP contribution in [0.2, 0.25) is 0 Å².